The number of methoxy groups -OCH3 is 1. The molecule has 0 aromatic carbocycles. The molecule has 2 aromatic heterocycles. The van der Waals surface area contributed by atoms with E-state index in [1.807, 2.05) is 34.7 Å². The van der Waals surface area contributed by atoms with Crippen molar-refractivity contribution in [2.24, 2.45) is 12.8 Å². The minimum Gasteiger partial charge on any atom is -0.479 e. The molecule has 0 atom stereocenters. The summed E-state index contributed by atoms with van der Waals surface area (Å²) >= 11 is 0. The lowest BCUT2D eigenvalue weighted by Gasteiger charge is -2.26. The first-order chi connectivity index (χ1) is 12.3. The zero-order valence-corrected chi connectivity index (χ0v) is 16.8. The second kappa shape index (κ2) is 8.03. The molecule has 1 amide bonds. The predicted octanol–water partition coefficient (Wildman–Crippen LogP) is 2.16. The van der Waals surface area contributed by atoms with E-state index in [2.05, 4.69) is 15.4 Å². The molecule has 0 radical (unpaired) electrons. The van der Waals surface area contributed by atoms with Crippen LogP contribution in [0.25, 0.3) is 11.0 Å². The largest absolute Gasteiger partial charge is 0.479 e. The number of aromatic nitrogens is 3. The molecule has 0 aliphatic rings. The number of nitrogens with zero attached hydrogens (tertiary/aromatic N) is 3. The van der Waals surface area contributed by atoms with Crippen molar-refractivity contribution in [2.75, 3.05) is 13.7 Å². The average Bonchev–Trinajstić information content (AvgIpc) is 2.95. The molecule has 7 heteroatoms. The van der Waals surface area contributed by atoms with Gasteiger partial charge in [0.05, 0.1) is 12.5 Å². The number of carbonyl (C=O) groups excluding carboxylic acids is 1. The second-order valence-electron chi connectivity index (χ2n) is 6.98. The fraction of sp³-hybridized carbons (Fsp3) is 0.632. The Hall–Kier alpha value is -2.15. The Bertz CT molecular complexity index is 793. The molecule has 2 heterocycles. The van der Waals surface area contributed by atoms with Gasteiger partial charge in [-0.2, -0.15) is 0 Å². The minimum absolute atomic E-state index is 0.0128. The molecule has 0 aliphatic heterocycles. The van der Waals surface area contributed by atoms with Gasteiger partial charge in [0.2, 0.25) is 11.8 Å². The lowest BCUT2D eigenvalue weighted by molar-refractivity contribution is -0.121. The Morgan fingerprint density at radius 3 is 2.54 bits per heavy atom. The Labute approximate surface area is 155 Å². The molecule has 0 saturated heterocycles. The highest BCUT2D eigenvalue weighted by atomic mass is 16.5. The highest BCUT2D eigenvalue weighted by Gasteiger charge is 2.22. The maximum atomic E-state index is 12.3. The Kier molecular flexibility index (Phi) is 6.23. The molecule has 0 fully saturated rings. The van der Waals surface area contributed by atoms with Gasteiger partial charge in [-0.1, -0.05) is 13.8 Å². The summed E-state index contributed by atoms with van der Waals surface area (Å²) < 4.78 is 7.11. The highest BCUT2D eigenvalue weighted by molar-refractivity contribution is 5.86. The minimum atomic E-state index is -0.328. The Balaban J connectivity index is 2.15. The van der Waals surface area contributed by atoms with Crippen molar-refractivity contribution >= 4 is 16.9 Å². The molecule has 144 valence electrons. The van der Waals surface area contributed by atoms with Gasteiger partial charge in [0.15, 0.2) is 5.65 Å². The third kappa shape index (κ3) is 3.98. The summed E-state index contributed by atoms with van der Waals surface area (Å²) in [4.78, 5) is 16.9. The normalized spacial score (nSPS) is 11.8. The predicted molar refractivity (Wildman–Crippen MR) is 103 cm³/mol. The van der Waals surface area contributed by atoms with E-state index in [0.29, 0.717) is 25.3 Å². The van der Waals surface area contributed by atoms with Crippen LogP contribution < -0.4 is 15.8 Å². The molecular formula is C19H31N5O2. The quantitative estimate of drug-likeness (QED) is 0.751. The van der Waals surface area contributed by atoms with Gasteiger partial charge in [-0.25, -0.2) is 9.67 Å². The van der Waals surface area contributed by atoms with Crippen molar-refractivity contribution in [3.05, 3.63) is 16.8 Å². The summed E-state index contributed by atoms with van der Waals surface area (Å²) in [6, 6.07) is 0. The number of pyridine rings is 1. The fourth-order valence-corrected chi connectivity index (χ4v) is 3.21. The zero-order valence-electron chi connectivity index (χ0n) is 16.8. The van der Waals surface area contributed by atoms with Crippen LogP contribution in [-0.4, -0.2) is 39.9 Å². The fourth-order valence-electron chi connectivity index (χ4n) is 3.21. The van der Waals surface area contributed by atoms with Crippen LogP contribution in [0.4, 0.5) is 0 Å². The maximum Gasteiger partial charge on any atom is 0.242 e. The number of hydrogen-bond acceptors (Lipinski definition) is 5. The van der Waals surface area contributed by atoms with E-state index >= 15 is 0 Å². The topological polar surface area (TPSA) is 95.1 Å². The number of rotatable bonds is 8. The summed E-state index contributed by atoms with van der Waals surface area (Å²) in [5, 5.41) is 8.24. The van der Waals surface area contributed by atoms with E-state index < -0.39 is 0 Å². The van der Waals surface area contributed by atoms with Gasteiger partial charge in [-0.3, -0.25) is 4.79 Å². The number of amides is 1. The summed E-state index contributed by atoms with van der Waals surface area (Å²) in [6.45, 7) is 8.60. The van der Waals surface area contributed by atoms with Crippen molar-refractivity contribution in [1.29, 1.82) is 0 Å². The lowest BCUT2D eigenvalue weighted by Crippen LogP contribution is -2.49. The van der Waals surface area contributed by atoms with Gasteiger partial charge in [-0.15, -0.1) is 5.10 Å². The van der Waals surface area contributed by atoms with Crippen LogP contribution in [0, 0.1) is 13.8 Å². The third-order valence-corrected chi connectivity index (χ3v) is 5.36. The Morgan fingerprint density at radius 2 is 1.96 bits per heavy atom. The van der Waals surface area contributed by atoms with E-state index in [4.69, 9.17) is 10.5 Å². The van der Waals surface area contributed by atoms with Crippen LogP contribution in [0.2, 0.25) is 0 Å². The molecule has 0 spiro atoms. The SMILES string of the molecule is CCC(N)(CC)CNC(=O)CCc1c(C)nc2c(c(OC)nn2C)c1C. The van der Waals surface area contributed by atoms with E-state index in [-0.39, 0.29) is 11.4 Å². The standard InChI is InChI=1S/C19H31N5O2/c1-7-19(20,8-2)11-21-15(25)10-9-14-12(3)16-17(22-13(14)4)24(5)23-18(16)26-6/h7-11,20H2,1-6H3,(H,21,25). The summed E-state index contributed by atoms with van der Waals surface area (Å²) in [6.07, 6.45) is 2.70. The van der Waals surface area contributed by atoms with Crippen molar-refractivity contribution in [3.8, 4) is 5.88 Å². The molecule has 26 heavy (non-hydrogen) atoms. The van der Waals surface area contributed by atoms with Crippen LogP contribution in [-0.2, 0) is 18.3 Å². The first-order valence-corrected chi connectivity index (χ1v) is 9.18. The number of fused-ring (bicyclic) bond motifs is 1. The summed E-state index contributed by atoms with van der Waals surface area (Å²) in [5.41, 5.74) is 9.78. The number of nitrogens with one attached hydrogen (secondary N) is 1. The van der Waals surface area contributed by atoms with Crippen LogP contribution in [0.1, 0.15) is 49.9 Å². The number of ether oxygens (including phenoxy) is 1. The monoisotopic (exact) mass is 361 g/mol. The molecule has 7 nitrogen and oxygen atoms in total. The average molecular weight is 361 g/mol. The van der Waals surface area contributed by atoms with E-state index in [9.17, 15) is 4.79 Å². The maximum absolute atomic E-state index is 12.3. The van der Waals surface area contributed by atoms with Gasteiger partial charge in [-0.05, 0) is 44.2 Å². The summed E-state index contributed by atoms with van der Waals surface area (Å²) in [7, 11) is 3.46. The van der Waals surface area contributed by atoms with Gasteiger partial charge in [0.1, 0.15) is 0 Å². The molecular weight excluding hydrogens is 330 g/mol. The molecule has 0 aliphatic carbocycles. The van der Waals surface area contributed by atoms with E-state index in [1.165, 1.54) is 0 Å². The number of aryl methyl sites for hydroxylation is 3. The van der Waals surface area contributed by atoms with Crippen LogP contribution in [0.5, 0.6) is 5.88 Å². The Morgan fingerprint density at radius 1 is 1.31 bits per heavy atom. The smallest absolute Gasteiger partial charge is 0.242 e. The molecule has 2 aromatic rings. The van der Waals surface area contributed by atoms with Crippen molar-refractivity contribution in [3.63, 3.8) is 0 Å². The van der Waals surface area contributed by atoms with Gasteiger partial charge < -0.3 is 15.8 Å². The summed E-state index contributed by atoms with van der Waals surface area (Å²) in [5.74, 6) is 0.579. The third-order valence-electron chi connectivity index (χ3n) is 5.36. The van der Waals surface area contributed by atoms with Crippen LogP contribution in [0.15, 0.2) is 0 Å². The molecule has 2 rings (SSSR count). The lowest BCUT2D eigenvalue weighted by atomic mass is 9.94. The molecule has 0 bridgehead atoms. The first kappa shape index (κ1) is 20.2. The second-order valence-corrected chi connectivity index (χ2v) is 6.98. The van der Waals surface area contributed by atoms with Crippen molar-refractivity contribution in [1.82, 2.24) is 20.1 Å². The number of nitrogens with two attached hydrogens (primary N) is 1. The van der Waals surface area contributed by atoms with Crippen LogP contribution in [0.3, 0.4) is 0 Å². The number of hydrogen-bond donors (Lipinski definition) is 2. The van der Waals surface area contributed by atoms with E-state index in [1.54, 1.807) is 11.8 Å². The molecule has 3 N–H and O–H groups in total. The number of carbonyl (C=O) groups is 1. The van der Waals surface area contributed by atoms with Gasteiger partial charge in [0, 0.05) is 31.2 Å². The van der Waals surface area contributed by atoms with Crippen LogP contribution >= 0.6 is 0 Å². The first-order valence-electron chi connectivity index (χ1n) is 9.18. The van der Waals surface area contributed by atoms with Crippen molar-refractivity contribution in [2.45, 2.75) is 58.9 Å². The van der Waals surface area contributed by atoms with Gasteiger partial charge >= 0.3 is 0 Å². The van der Waals surface area contributed by atoms with Crippen molar-refractivity contribution < 1.29 is 9.53 Å². The highest BCUT2D eigenvalue weighted by Crippen LogP contribution is 2.30. The van der Waals surface area contributed by atoms with E-state index in [0.717, 1.165) is 40.7 Å². The zero-order chi connectivity index (χ0) is 19.5. The molecule has 0 unspecified atom stereocenters. The van der Waals surface area contributed by atoms with Gasteiger partial charge in [0.25, 0.3) is 0 Å². The molecule has 0 saturated carbocycles.